The minimum Gasteiger partial charge on any atom is -0.445 e. The Kier molecular flexibility index (Phi) is 6.13. The van der Waals surface area contributed by atoms with E-state index in [9.17, 15) is 14.0 Å². The Morgan fingerprint density at radius 2 is 1.87 bits per heavy atom. The second-order valence-electron chi connectivity index (χ2n) is 7.82. The lowest BCUT2D eigenvalue weighted by atomic mass is 9.96. The molecule has 0 atom stereocenters. The van der Waals surface area contributed by atoms with E-state index in [1.165, 1.54) is 12.1 Å². The number of morpholine rings is 1. The molecule has 0 N–H and O–H groups in total. The van der Waals surface area contributed by atoms with Gasteiger partial charge in [-0.15, -0.1) is 0 Å². The van der Waals surface area contributed by atoms with Crippen LogP contribution in [0.15, 0.2) is 28.7 Å². The molecule has 160 valence electrons. The first kappa shape index (κ1) is 20.5. The number of nitrogens with zero attached hydrogens (tertiary/aromatic N) is 3. The zero-order chi connectivity index (χ0) is 21.1. The predicted molar refractivity (Wildman–Crippen MR) is 107 cm³/mol. The van der Waals surface area contributed by atoms with Crippen LogP contribution >= 0.6 is 0 Å². The van der Waals surface area contributed by atoms with Crippen molar-refractivity contribution in [2.45, 2.75) is 32.1 Å². The monoisotopic (exact) mass is 415 g/mol. The number of rotatable bonds is 4. The third-order valence-corrected chi connectivity index (χ3v) is 5.76. The lowest BCUT2D eigenvalue weighted by Gasteiger charge is -2.30. The summed E-state index contributed by atoms with van der Waals surface area (Å²) in [6.07, 6.45) is 1.64. The standard InChI is InChI=1S/C22H26FN3O4/c1-15-20(22(28)26-9-11-29-12-10-26)24-21(30-15)17-5-7-25(8-6-17)19(27)14-16-3-2-4-18(23)13-16/h2-4,13,17H,5-12,14H2,1H3. The Bertz CT molecular complexity index is 915. The number of piperidine rings is 1. The Morgan fingerprint density at radius 3 is 2.57 bits per heavy atom. The molecule has 30 heavy (non-hydrogen) atoms. The number of likely N-dealkylation sites (tertiary alicyclic amines) is 1. The van der Waals surface area contributed by atoms with E-state index in [-0.39, 0.29) is 30.0 Å². The molecule has 0 unspecified atom stereocenters. The molecule has 0 bridgehead atoms. The second-order valence-corrected chi connectivity index (χ2v) is 7.82. The molecule has 2 aliphatic heterocycles. The van der Waals surface area contributed by atoms with Gasteiger partial charge in [0.25, 0.3) is 5.91 Å². The fourth-order valence-electron chi connectivity index (χ4n) is 4.02. The normalized spacial score (nSPS) is 17.9. The molecule has 2 aromatic rings. The third-order valence-electron chi connectivity index (χ3n) is 5.76. The SMILES string of the molecule is Cc1oc(C2CCN(C(=O)Cc3cccc(F)c3)CC2)nc1C(=O)N1CCOCC1. The smallest absolute Gasteiger partial charge is 0.276 e. The molecule has 2 saturated heterocycles. The van der Waals surface area contributed by atoms with Crippen LogP contribution in [-0.4, -0.2) is 66.0 Å². The van der Waals surface area contributed by atoms with Crippen molar-refractivity contribution in [1.82, 2.24) is 14.8 Å². The highest BCUT2D eigenvalue weighted by molar-refractivity contribution is 5.93. The van der Waals surface area contributed by atoms with Crippen LogP contribution < -0.4 is 0 Å². The van der Waals surface area contributed by atoms with Gasteiger partial charge in [0, 0.05) is 32.1 Å². The number of hydrogen-bond donors (Lipinski definition) is 0. The molecule has 7 nitrogen and oxygen atoms in total. The summed E-state index contributed by atoms with van der Waals surface area (Å²) in [5.41, 5.74) is 1.05. The minimum absolute atomic E-state index is 0.00850. The highest BCUT2D eigenvalue weighted by Gasteiger charge is 2.30. The number of benzene rings is 1. The molecule has 0 spiro atoms. The van der Waals surface area contributed by atoms with Crippen molar-refractivity contribution in [2.75, 3.05) is 39.4 Å². The van der Waals surface area contributed by atoms with Gasteiger partial charge in [-0.3, -0.25) is 9.59 Å². The molecule has 0 aliphatic carbocycles. The first-order valence-corrected chi connectivity index (χ1v) is 10.4. The molecule has 0 radical (unpaired) electrons. The first-order valence-electron chi connectivity index (χ1n) is 10.4. The van der Waals surface area contributed by atoms with Crippen molar-refractivity contribution in [3.05, 3.63) is 53.0 Å². The predicted octanol–water partition coefficient (Wildman–Crippen LogP) is 2.54. The largest absolute Gasteiger partial charge is 0.445 e. The molecular weight excluding hydrogens is 389 g/mol. The zero-order valence-corrected chi connectivity index (χ0v) is 17.1. The van der Waals surface area contributed by atoms with E-state index in [1.807, 2.05) is 0 Å². The van der Waals surface area contributed by atoms with E-state index in [2.05, 4.69) is 4.98 Å². The molecule has 4 rings (SSSR count). The van der Waals surface area contributed by atoms with E-state index in [1.54, 1.807) is 28.9 Å². The maximum atomic E-state index is 13.3. The lowest BCUT2D eigenvalue weighted by molar-refractivity contribution is -0.131. The maximum absolute atomic E-state index is 13.3. The fourth-order valence-corrected chi connectivity index (χ4v) is 4.02. The van der Waals surface area contributed by atoms with Crippen LogP contribution in [0.3, 0.4) is 0 Å². The Labute approximate surface area is 174 Å². The number of ether oxygens (including phenoxy) is 1. The zero-order valence-electron chi connectivity index (χ0n) is 17.1. The van der Waals surface area contributed by atoms with Crippen LogP contribution in [0.1, 0.15) is 46.5 Å². The number of carbonyl (C=O) groups excluding carboxylic acids is 2. The topological polar surface area (TPSA) is 75.9 Å². The summed E-state index contributed by atoms with van der Waals surface area (Å²) in [6.45, 7) is 5.15. The van der Waals surface area contributed by atoms with Crippen LogP contribution in [0.5, 0.6) is 0 Å². The van der Waals surface area contributed by atoms with Gasteiger partial charge in [0.15, 0.2) is 11.6 Å². The molecule has 0 saturated carbocycles. The van der Waals surface area contributed by atoms with Gasteiger partial charge in [0.05, 0.1) is 19.6 Å². The van der Waals surface area contributed by atoms with E-state index in [0.717, 1.165) is 12.8 Å². The van der Waals surface area contributed by atoms with Crippen molar-refractivity contribution in [1.29, 1.82) is 0 Å². The van der Waals surface area contributed by atoms with Crippen LogP contribution in [-0.2, 0) is 16.0 Å². The van der Waals surface area contributed by atoms with E-state index in [0.29, 0.717) is 62.3 Å². The number of amides is 2. The van der Waals surface area contributed by atoms with Crippen LogP contribution in [0, 0.1) is 12.7 Å². The van der Waals surface area contributed by atoms with Gasteiger partial charge in [0.1, 0.15) is 11.6 Å². The number of aromatic nitrogens is 1. The molecule has 2 aliphatic rings. The Hall–Kier alpha value is -2.74. The van der Waals surface area contributed by atoms with Crippen molar-refractivity contribution in [2.24, 2.45) is 0 Å². The second kappa shape index (κ2) is 8.95. The Balaban J connectivity index is 1.35. The summed E-state index contributed by atoms with van der Waals surface area (Å²) in [5.74, 6) is 0.723. The summed E-state index contributed by atoms with van der Waals surface area (Å²) in [4.78, 5) is 33.3. The van der Waals surface area contributed by atoms with Crippen molar-refractivity contribution >= 4 is 11.8 Å². The minimum atomic E-state index is -0.333. The average Bonchev–Trinajstić information content (AvgIpc) is 3.15. The summed E-state index contributed by atoms with van der Waals surface area (Å²) >= 11 is 0. The van der Waals surface area contributed by atoms with Gasteiger partial charge in [-0.05, 0) is 37.5 Å². The summed E-state index contributed by atoms with van der Waals surface area (Å²) in [5, 5.41) is 0. The Morgan fingerprint density at radius 1 is 1.13 bits per heavy atom. The van der Waals surface area contributed by atoms with E-state index < -0.39 is 0 Å². The van der Waals surface area contributed by atoms with Gasteiger partial charge < -0.3 is 19.0 Å². The maximum Gasteiger partial charge on any atom is 0.276 e. The van der Waals surface area contributed by atoms with Crippen molar-refractivity contribution < 1.29 is 23.1 Å². The fraction of sp³-hybridized carbons (Fsp3) is 0.500. The van der Waals surface area contributed by atoms with Gasteiger partial charge in [-0.25, -0.2) is 9.37 Å². The van der Waals surface area contributed by atoms with Crippen LogP contribution in [0.2, 0.25) is 0 Å². The van der Waals surface area contributed by atoms with Crippen LogP contribution in [0.4, 0.5) is 4.39 Å². The number of carbonyl (C=O) groups is 2. The number of oxazole rings is 1. The number of hydrogen-bond acceptors (Lipinski definition) is 5. The van der Waals surface area contributed by atoms with Crippen molar-refractivity contribution in [3.63, 3.8) is 0 Å². The molecule has 2 fully saturated rings. The molecule has 8 heteroatoms. The number of halogens is 1. The average molecular weight is 415 g/mol. The van der Waals surface area contributed by atoms with Crippen LogP contribution in [0.25, 0.3) is 0 Å². The quantitative estimate of drug-likeness (QED) is 0.767. The van der Waals surface area contributed by atoms with E-state index >= 15 is 0 Å². The number of aryl methyl sites for hydroxylation is 1. The summed E-state index contributed by atoms with van der Waals surface area (Å²) in [6, 6.07) is 6.14. The molecule has 1 aromatic carbocycles. The highest BCUT2D eigenvalue weighted by atomic mass is 19.1. The molecule has 1 aromatic heterocycles. The first-order chi connectivity index (χ1) is 14.5. The van der Waals surface area contributed by atoms with Gasteiger partial charge in [-0.2, -0.15) is 0 Å². The van der Waals surface area contributed by atoms with Gasteiger partial charge >= 0.3 is 0 Å². The van der Waals surface area contributed by atoms with Crippen molar-refractivity contribution in [3.8, 4) is 0 Å². The van der Waals surface area contributed by atoms with E-state index in [4.69, 9.17) is 9.15 Å². The molecule has 3 heterocycles. The summed E-state index contributed by atoms with van der Waals surface area (Å²) in [7, 11) is 0. The lowest BCUT2D eigenvalue weighted by Crippen LogP contribution is -2.41. The molecule has 2 amide bonds. The molecular formula is C22H26FN3O4. The summed E-state index contributed by atoms with van der Waals surface area (Å²) < 4.78 is 24.5. The van der Waals surface area contributed by atoms with Gasteiger partial charge in [0.2, 0.25) is 5.91 Å². The highest BCUT2D eigenvalue weighted by Crippen LogP contribution is 2.29. The van der Waals surface area contributed by atoms with Gasteiger partial charge in [-0.1, -0.05) is 12.1 Å². The third kappa shape index (κ3) is 4.53.